The summed E-state index contributed by atoms with van der Waals surface area (Å²) in [6, 6.07) is 5.32. The number of halogens is 5. The van der Waals surface area contributed by atoms with Crippen molar-refractivity contribution in [3.8, 4) is 0 Å². The van der Waals surface area contributed by atoms with Gasteiger partial charge in [0.1, 0.15) is 0 Å². The van der Waals surface area contributed by atoms with Crippen molar-refractivity contribution in [1.82, 2.24) is 0 Å². The molecule has 1 nitrogen and oxygen atoms in total. The fourth-order valence-electron chi connectivity index (χ4n) is 0.996. The van der Waals surface area contributed by atoms with E-state index in [0.29, 0.717) is 5.69 Å². The average molecular weight is 347 g/mol. The third-order valence-electron chi connectivity index (χ3n) is 1.67. The summed E-state index contributed by atoms with van der Waals surface area (Å²) in [5.74, 6) is 0. The highest BCUT2D eigenvalue weighted by molar-refractivity contribution is 9.11. The van der Waals surface area contributed by atoms with Crippen LogP contribution in [0.2, 0.25) is 0 Å². The zero-order valence-electron chi connectivity index (χ0n) is 7.54. The first kappa shape index (κ1) is 12.8. The molecule has 0 atom stereocenters. The van der Waals surface area contributed by atoms with Crippen LogP contribution in [-0.2, 0) is 0 Å². The van der Waals surface area contributed by atoms with Crippen molar-refractivity contribution in [3.63, 3.8) is 0 Å². The Labute approximate surface area is 102 Å². The third-order valence-corrected chi connectivity index (χ3v) is 2.99. The largest absolute Gasteiger partial charge is 0.390 e. The molecule has 0 aliphatic carbocycles. The maximum Gasteiger partial charge on any atom is 0.390 e. The summed E-state index contributed by atoms with van der Waals surface area (Å²) in [6.45, 7) is -0.134. The second-order valence-electron chi connectivity index (χ2n) is 2.89. The molecule has 0 aliphatic rings. The Balaban J connectivity index is 2.58. The summed E-state index contributed by atoms with van der Waals surface area (Å²) in [7, 11) is 0. The van der Waals surface area contributed by atoms with E-state index in [1.165, 1.54) is 0 Å². The number of hydrogen-bond donors (Lipinski definition) is 1. The van der Waals surface area contributed by atoms with Crippen LogP contribution in [0.5, 0.6) is 0 Å². The van der Waals surface area contributed by atoms with Crippen LogP contribution in [0.25, 0.3) is 0 Å². The van der Waals surface area contributed by atoms with Gasteiger partial charge in [-0.2, -0.15) is 13.2 Å². The van der Waals surface area contributed by atoms with Gasteiger partial charge in [-0.3, -0.25) is 0 Å². The molecule has 0 saturated carbocycles. The summed E-state index contributed by atoms with van der Waals surface area (Å²) < 4.78 is 37.2. The zero-order chi connectivity index (χ0) is 11.5. The molecule has 0 aromatic heterocycles. The minimum Gasteiger partial charge on any atom is -0.383 e. The van der Waals surface area contributed by atoms with Gasteiger partial charge in [-0.05, 0) is 44.0 Å². The number of benzene rings is 1. The Bertz CT molecular complexity index is 318. The van der Waals surface area contributed by atoms with Gasteiger partial charge in [-0.1, -0.05) is 6.07 Å². The van der Waals surface area contributed by atoms with Crippen molar-refractivity contribution in [1.29, 1.82) is 0 Å². The molecule has 1 rings (SSSR count). The van der Waals surface area contributed by atoms with E-state index >= 15 is 0 Å². The number of alkyl halides is 3. The van der Waals surface area contributed by atoms with Gasteiger partial charge in [0, 0.05) is 15.5 Å². The Morgan fingerprint density at radius 3 is 2.13 bits per heavy atom. The molecule has 0 saturated heterocycles. The SMILES string of the molecule is FC(F)(F)CCNc1c(Br)cccc1Br. The van der Waals surface area contributed by atoms with Crippen molar-refractivity contribution in [3.05, 3.63) is 27.1 Å². The quantitative estimate of drug-likeness (QED) is 0.844. The molecule has 6 heteroatoms. The summed E-state index contributed by atoms with van der Waals surface area (Å²) in [4.78, 5) is 0. The minimum absolute atomic E-state index is 0.134. The lowest BCUT2D eigenvalue weighted by Gasteiger charge is -2.11. The smallest absolute Gasteiger partial charge is 0.383 e. The van der Waals surface area contributed by atoms with Gasteiger partial charge in [0.15, 0.2) is 0 Å². The maximum absolute atomic E-state index is 11.9. The topological polar surface area (TPSA) is 12.0 Å². The van der Waals surface area contributed by atoms with Crippen LogP contribution in [-0.4, -0.2) is 12.7 Å². The monoisotopic (exact) mass is 345 g/mol. The van der Waals surface area contributed by atoms with Crippen LogP contribution in [0.3, 0.4) is 0 Å². The second kappa shape index (κ2) is 5.21. The van der Waals surface area contributed by atoms with Crippen LogP contribution in [0.15, 0.2) is 27.1 Å². The number of para-hydroxylation sites is 1. The van der Waals surface area contributed by atoms with Gasteiger partial charge >= 0.3 is 6.18 Å². The lowest BCUT2D eigenvalue weighted by molar-refractivity contribution is -0.131. The van der Waals surface area contributed by atoms with E-state index < -0.39 is 12.6 Å². The van der Waals surface area contributed by atoms with Gasteiger partial charge in [-0.15, -0.1) is 0 Å². The number of rotatable bonds is 3. The first-order chi connectivity index (χ1) is 6.90. The molecule has 0 bridgehead atoms. The van der Waals surface area contributed by atoms with Crippen LogP contribution in [0, 0.1) is 0 Å². The van der Waals surface area contributed by atoms with Gasteiger partial charge < -0.3 is 5.32 Å². The Kier molecular flexibility index (Phi) is 4.45. The maximum atomic E-state index is 11.9. The number of hydrogen-bond acceptors (Lipinski definition) is 1. The molecule has 0 radical (unpaired) electrons. The van der Waals surface area contributed by atoms with Crippen molar-refractivity contribution in [2.45, 2.75) is 12.6 Å². The van der Waals surface area contributed by atoms with E-state index in [0.717, 1.165) is 8.95 Å². The van der Waals surface area contributed by atoms with E-state index in [9.17, 15) is 13.2 Å². The van der Waals surface area contributed by atoms with Gasteiger partial charge in [-0.25, -0.2) is 0 Å². The Hall–Kier alpha value is -0.230. The predicted molar refractivity (Wildman–Crippen MR) is 61.0 cm³/mol. The first-order valence-corrected chi connectivity index (χ1v) is 5.73. The normalized spacial score (nSPS) is 11.5. The van der Waals surface area contributed by atoms with Crippen LogP contribution in [0.1, 0.15) is 6.42 Å². The number of nitrogens with one attached hydrogen (secondary N) is 1. The average Bonchev–Trinajstić information content (AvgIpc) is 2.08. The van der Waals surface area contributed by atoms with E-state index in [4.69, 9.17) is 0 Å². The van der Waals surface area contributed by atoms with Crippen molar-refractivity contribution in [2.75, 3.05) is 11.9 Å². The van der Waals surface area contributed by atoms with Crippen molar-refractivity contribution < 1.29 is 13.2 Å². The molecule has 1 aromatic carbocycles. The molecule has 0 fully saturated rings. The van der Waals surface area contributed by atoms with Crippen molar-refractivity contribution >= 4 is 37.5 Å². The standard InChI is InChI=1S/C9H8Br2F3N/c10-6-2-1-3-7(11)8(6)15-5-4-9(12,13)14/h1-3,15H,4-5H2. The molecule has 0 heterocycles. The van der Waals surface area contributed by atoms with E-state index in [2.05, 4.69) is 37.2 Å². The highest BCUT2D eigenvalue weighted by Crippen LogP contribution is 2.31. The third kappa shape index (κ3) is 4.42. The Morgan fingerprint density at radius 2 is 1.67 bits per heavy atom. The molecule has 1 aromatic rings. The van der Waals surface area contributed by atoms with E-state index in [-0.39, 0.29) is 6.54 Å². The first-order valence-electron chi connectivity index (χ1n) is 4.15. The van der Waals surface area contributed by atoms with Gasteiger partial charge in [0.25, 0.3) is 0 Å². The predicted octanol–water partition coefficient (Wildman–Crippen LogP) is 4.58. The second-order valence-corrected chi connectivity index (χ2v) is 4.60. The molecule has 0 amide bonds. The molecule has 84 valence electrons. The van der Waals surface area contributed by atoms with Gasteiger partial charge in [0.2, 0.25) is 0 Å². The molecule has 1 N–H and O–H groups in total. The zero-order valence-corrected chi connectivity index (χ0v) is 10.7. The van der Waals surface area contributed by atoms with Crippen LogP contribution >= 0.6 is 31.9 Å². The summed E-state index contributed by atoms with van der Waals surface area (Å²) in [5, 5.41) is 2.72. The lowest BCUT2D eigenvalue weighted by Crippen LogP contribution is -2.14. The van der Waals surface area contributed by atoms with Crippen molar-refractivity contribution in [2.24, 2.45) is 0 Å². The highest BCUT2D eigenvalue weighted by atomic mass is 79.9. The van der Waals surface area contributed by atoms with Crippen LogP contribution < -0.4 is 5.32 Å². The molecule has 0 spiro atoms. The summed E-state index contributed by atoms with van der Waals surface area (Å²) in [6.07, 6.45) is -4.97. The molecular formula is C9H8Br2F3N. The fourth-order valence-corrected chi connectivity index (χ4v) is 2.27. The lowest BCUT2D eigenvalue weighted by atomic mass is 10.3. The number of anilines is 1. The highest BCUT2D eigenvalue weighted by Gasteiger charge is 2.26. The molecule has 0 unspecified atom stereocenters. The van der Waals surface area contributed by atoms with E-state index in [1.54, 1.807) is 18.2 Å². The minimum atomic E-state index is -4.12. The van der Waals surface area contributed by atoms with E-state index in [1.807, 2.05) is 0 Å². The summed E-state index contributed by atoms with van der Waals surface area (Å²) >= 11 is 6.51. The van der Waals surface area contributed by atoms with Crippen LogP contribution in [0.4, 0.5) is 18.9 Å². The molecule has 0 aliphatic heterocycles. The summed E-state index contributed by atoms with van der Waals surface area (Å²) in [5.41, 5.74) is 0.641. The Morgan fingerprint density at radius 1 is 1.13 bits per heavy atom. The fraction of sp³-hybridized carbons (Fsp3) is 0.333. The molecule has 15 heavy (non-hydrogen) atoms. The van der Waals surface area contributed by atoms with Gasteiger partial charge in [0.05, 0.1) is 12.1 Å². The molecular weight excluding hydrogens is 339 g/mol.